The van der Waals surface area contributed by atoms with Gasteiger partial charge in [0.05, 0.1) is 137 Å². The van der Waals surface area contributed by atoms with Crippen LogP contribution in [-0.4, -0.2) is 67.3 Å². The number of amidine groups is 3. The van der Waals surface area contributed by atoms with Gasteiger partial charge < -0.3 is 35.9 Å². The summed E-state index contributed by atoms with van der Waals surface area (Å²) in [6.07, 6.45) is 4.43. The molecule has 0 saturated heterocycles. The number of allylic oxidation sites excluding steroid dienone is 2. The first kappa shape index (κ1) is 70.6. The van der Waals surface area contributed by atoms with Crippen LogP contribution in [0.2, 0.25) is 0 Å². The lowest BCUT2D eigenvalue weighted by Crippen LogP contribution is -2.31. The Bertz CT molecular complexity index is 8840. The van der Waals surface area contributed by atoms with E-state index < -0.39 is 18.1 Å². The Morgan fingerprint density at radius 1 is 0.242 bits per heavy atom. The molecule has 8 aliphatic heterocycles. The number of fused-ring (bicyclic) bond motifs is 27. The van der Waals surface area contributed by atoms with Gasteiger partial charge in [-0.15, -0.1) is 0 Å². The van der Waals surface area contributed by atoms with Crippen molar-refractivity contribution >= 4 is 84.4 Å². The lowest BCUT2D eigenvalue weighted by atomic mass is 9.84. The highest BCUT2D eigenvalue weighted by molar-refractivity contribution is 6.12. The van der Waals surface area contributed by atoms with Gasteiger partial charge in [-0.3, -0.25) is 15.0 Å². The highest BCUT2D eigenvalue weighted by Gasteiger charge is 2.46. The fourth-order valence-electron chi connectivity index (χ4n) is 23.0. The molecular formula is C114H68N18. The van der Waals surface area contributed by atoms with Crippen LogP contribution in [0.4, 0.5) is 0 Å². The molecule has 11 aliphatic rings. The van der Waals surface area contributed by atoms with E-state index in [4.69, 9.17) is 54.9 Å². The summed E-state index contributed by atoms with van der Waals surface area (Å²) in [7, 11) is 0. The molecule has 24 bridgehead atoms. The van der Waals surface area contributed by atoms with Gasteiger partial charge in [0.1, 0.15) is 35.6 Å². The van der Waals surface area contributed by atoms with E-state index >= 15 is 0 Å². The number of para-hydroxylation sites is 6. The Kier molecular flexibility index (Phi) is 14.0. The first-order valence-corrected chi connectivity index (χ1v) is 45.1. The van der Waals surface area contributed by atoms with Gasteiger partial charge in [0, 0.05) is 149 Å². The van der Waals surface area contributed by atoms with Crippen molar-refractivity contribution in [1.29, 1.82) is 0 Å². The normalized spacial score (nSPS) is 18.9. The maximum absolute atomic E-state index is 5.94. The van der Waals surface area contributed by atoms with Crippen molar-refractivity contribution in [1.82, 2.24) is 65.8 Å². The fourth-order valence-corrected chi connectivity index (χ4v) is 23.0. The van der Waals surface area contributed by atoms with E-state index in [1.165, 1.54) is 5.56 Å². The smallest absolute Gasteiger partial charge is 0.129 e. The molecule has 10 aromatic heterocycles. The third-order valence-electron chi connectivity index (χ3n) is 29.0. The maximum Gasteiger partial charge on any atom is 0.129 e. The van der Waals surface area contributed by atoms with Crippen LogP contribution >= 0.6 is 0 Å². The van der Waals surface area contributed by atoms with Crippen molar-refractivity contribution in [2.24, 2.45) is 25.0 Å². The van der Waals surface area contributed by atoms with Gasteiger partial charge in [0.25, 0.3) is 0 Å². The predicted octanol–water partition coefficient (Wildman–Crippen LogP) is 20.3. The van der Waals surface area contributed by atoms with Crippen LogP contribution in [0.5, 0.6) is 0 Å². The number of rotatable bonds is 6. The zero-order chi connectivity index (χ0) is 85.6. The molecule has 18 heteroatoms. The van der Waals surface area contributed by atoms with E-state index in [0.717, 1.165) is 273 Å². The maximum atomic E-state index is 5.94. The number of pyridine rings is 6. The molecule has 31 rings (SSSR count). The Balaban J connectivity index is 0.584. The Morgan fingerprint density at radius 3 is 0.924 bits per heavy atom. The average Bonchev–Trinajstić information content (AvgIpc) is 1.47. The minimum atomic E-state index is -0.419. The summed E-state index contributed by atoms with van der Waals surface area (Å²) >= 11 is 0. The number of aliphatic imine (C=N–C) groups is 3. The Labute approximate surface area is 751 Å². The number of aromatic amines is 4. The summed E-state index contributed by atoms with van der Waals surface area (Å²) in [6.45, 7) is 0. The minimum absolute atomic E-state index is 0.117. The monoisotopic (exact) mass is 1690 g/mol. The summed E-state index contributed by atoms with van der Waals surface area (Å²) in [5.41, 5.74) is 39.1. The highest BCUT2D eigenvalue weighted by Crippen LogP contribution is 2.55. The van der Waals surface area contributed by atoms with Gasteiger partial charge in [-0.05, 0) is 108 Å². The second kappa shape index (κ2) is 26.1. The molecule has 7 unspecified atom stereocenters. The van der Waals surface area contributed by atoms with E-state index in [1.54, 1.807) is 0 Å². The largest absolute Gasteiger partial charge is 0.360 e. The molecule has 10 aromatic carbocycles. The predicted molar refractivity (Wildman–Crippen MR) is 517 cm³/mol. The molecule has 132 heavy (non-hydrogen) atoms. The Morgan fingerprint density at radius 2 is 0.553 bits per heavy atom. The third kappa shape index (κ3) is 10.1. The molecule has 20 aromatic rings. The summed E-state index contributed by atoms with van der Waals surface area (Å²) in [4.78, 5) is 79.4. The van der Waals surface area contributed by atoms with Crippen molar-refractivity contribution in [2.75, 3.05) is 0 Å². The second-order valence-electron chi connectivity index (χ2n) is 36.2. The van der Waals surface area contributed by atoms with Gasteiger partial charge in [-0.25, -0.2) is 39.9 Å². The van der Waals surface area contributed by atoms with Crippen molar-refractivity contribution < 1.29 is 0 Å². The zero-order valence-electron chi connectivity index (χ0n) is 70.1. The quantitative estimate of drug-likeness (QED) is 0.0837. The molecule has 0 amide bonds. The van der Waals surface area contributed by atoms with Gasteiger partial charge in [-0.1, -0.05) is 237 Å². The minimum Gasteiger partial charge on any atom is -0.360 e. The van der Waals surface area contributed by atoms with Crippen molar-refractivity contribution in [3.63, 3.8) is 0 Å². The van der Waals surface area contributed by atoms with Gasteiger partial charge in [0.15, 0.2) is 0 Å². The Hall–Kier alpha value is -17.5. The summed E-state index contributed by atoms with van der Waals surface area (Å²) in [5, 5.41) is 20.5. The van der Waals surface area contributed by atoms with Gasteiger partial charge in [-0.2, -0.15) is 0 Å². The molecule has 18 nitrogen and oxygen atoms in total. The van der Waals surface area contributed by atoms with E-state index in [0.29, 0.717) is 17.5 Å². The number of nitrogens with zero attached hydrogens (tertiary/aromatic N) is 11. The molecule has 0 spiro atoms. The third-order valence-corrected chi connectivity index (χ3v) is 29.0. The van der Waals surface area contributed by atoms with E-state index in [-0.39, 0.29) is 24.0 Å². The van der Waals surface area contributed by atoms with Crippen LogP contribution in [0, 0.1) is 0 Å². The standard InChI is InChI=1S/C114H68N18/c1-4-16-55(17-5-1)91-85-49-58-22-10-28-67(94(58)121-85)79-40-34-73-100(115-79)101-74(35-41-80(116-101)68-29-11-23-59-50-86(91)122-95(59)68)107-106(73)127-112(128-107)64-46-65(113-129-108-75-36-42-81-69-30-12-24-60-51-87(123-96(60)69)92(56-18-6-2-7-19-56)88-52-61-25-13-31-70(97(61)124-88)82-43-37-76(109(108)130-113)103(118-82)102(75)117-81)48-66(47-64)114-131-110-77-38-44-83-71-32-14-26-62-53-89(125-98(62)71)93(57-20-8-3-9-21-57)90-54-63-27-15-33-72(99(63)126-90)84-45-39-78(111(110)132-114)105(120-84)104(77)119-83/h1-54,91,106-111,121-123,125H,(H,127,128)(H,129,130)(H,131,132). The van der Waals surface area contributed by atoms with Crippen LogP contribution in [0.25, 0.3) is 169 Å². The summed E-state index contributed by atoms with van der Waals surface area (Å²) in [5.74, 6) is 2.01. The SMILES string of the molecule is C1=c2cccc3c2=NC1=C(c1ccccc1)c1cc2cccc(c2[nH]1)-c1ccc2c(n1)-c1nc-3ccc1C1N=C(c3cc(C4=NC5c6ccc7nc6-c6nc(ccc6C5N4)-c4cccc5cc([nH]c45)C(c4ccccc4)=C4C=c5cccc-7c5=N4)cc(C4=NC5c6ccc7nc6-c6nc(ccc6C5N4)-c4cccc5cc([nH]c45)C(c4ccccc4)c4cc5cccc-7c5[nH]4)c3)NC21. The lowest BCUT2D eigenvalue weighted by Gasteiger charge is -2.29. The van der Waals surface area contributed by atoms with Crippen molar-refractivity contribution in [3.05, 3.63) is 438 Å². The number of hydrogen-bond donors (Lipinski definition) is 7. The highest BCUT2D eigenvalue weighted by atomic mass is 15.2. The van der Waals surface area contributed by atoms with E-state index in [9.17, 15) is 0 Å². The second-order valence-corrected chi connectivity index (χ2v) is 36.2. The number of benzene rings is 10. The summed E-state index contributed by atoms with van der Waals surface area (Å²) in [6, 6.07) is 111. The van der Waals surface area contributed by atoms with E-state index in [1.807, 2.05) is 0 Å². The van der Waals surface area contributed by atoms with Crippen LogP contribution < -0.4 is 37.1 Å². The first-order chi connectivity index (χ1) is 65.3. The molecule has 7 N–H and O–H groups in total. The average molecular weight is 1690 g/mol. The van der Waals surface area contributed by atoms with Crippen molar-refractivity contribution in [3.8, 4) is 102 Å². The molecule has 614 valence electrons. The molecule has 0 saturated carbocycles. The number of nitrogens with one attached hydrogen (secondary N) is 7. The van der Waals surface area contributed by atoms with Gasteiger partial charge in [0.2, 0.25) is 0 Å². The zero-order valence-corrected chi connectivity index (χ0v) is 70.1. The van der Waals surface area contributed by atoms with Crippen molar-refractivity contribution in [2.45, 2.75) is 42.2 Å². The number of hydrogen-bond acceptors (Lipinski definition) is 14. The molecule has 18 heterocycles. The van der Waals surface area contributed by atoms with Crippen LogP contribution in [-0.2, 0) is 0 Å². The first-order valence-electron chi connectivity index (χ1n) is 45.1. The molecule has 0 fully saturated rings. The molecular weight excluding hydrogens is 1620 g/mol. The number of aromatic nitrogens is 10. The van der Waals surface area contributed by atoms with Crippen LogP contribution in [0.3, 0.4) is 0 Å². The van der Waals surface area contributed by atoms with E-state index in [2.05, 4.69) is 363 Å². The molecule has 3 aliphatic carbocycles. The molecule has 0 radical (unpaired) electrons. The topological polar surface area (TPSA) is 238 Å². The fraction of sp³-hybridized carbons (Fsp3) is 0.0614. The summed E-state index contributed by atoms with van der Waals surface area (Å²) < 4.78 is 0. The lowest BCUT2D eigenvalue weighted by molar-refractivity contribution is 0.561. The van der Waals surface area contributed by atoms with Gasteiger partial charge >= 0.3 is 0 Å². The number of H-pyrrole nitrogens is 4. The molecule has 7 atom stereocenters. The van der Waals surface area contributed by atoms with Crippen LogP contribution in [0.1, 0.15) is 132 Å². The van der Waals surface area contributed by atoms with Crippen LogP contribution in [0.15, 0.2) is 352 Å².